The number of likely N-dealkylation sites (N-methyl/N-ethyl adjacent to an activating group) is 1. The van der Waals surface area contributed by atoms with Crippen molar-refractivity contribution < 1.29 is 22.9 Å². The molecule has 109 valence electrons. The molecule has 1 aliphatic heterocycles. The van der Waals surface area contributed by atoms with Gasteiger partial charge < -0.3 is 15.7 Å². The van der Waals surface area contributed by atoms with Gasteiger partial charge in [0, 0.05) is 54.8 Å². The van der Waals surface area contributed by atoms with Gasteiger partial charge in [0.25, 0.3) is 10.1 Å². The second-order valence-electron chi connectivity index (χ2n) is 4.29. The molecular weight excluding hydrogens is 311 g/mol. The first kappa shape index (κ1) is 17.9. The molecule has 1 atom stereocenters. The first-order chi connectivity index (χ1) is 9.20. The Hall–Kier alpha value is -1.20. The molecule has 0 aliphatic carbocycles. The summed E-state index contributed by atoms with van der Waals surface area (Å²) in [7, 11) is -2.77. The van der Waals surface area contributed by atoms with E-state index in [0.717, 1.165) is 0 Å². The van der Waals surface area contributed by atoms with Crippen molar-refractivity contribution in [1.82, 2.24) is 0 Å². The van der Waals surface area contributed by atoms with E-state index in [2.05, 4.69) is 10.2 Å². The van der Waals surface area contributed by atoms with E-state index in [9.17, 15) is 18.3 Å². The summed E-state index contributed by atoms with van der Waals surface area (Å²) in [5, 5.41) is 15.2. The molecule has 2 rings (SSSR count). The number of anilines is 1. The maximum atomic E-state index is 11.2. The average Bonchev–Trinajstić information content (AvgIpc) is 2.63. The molecule has 1 radical (unpaired) electrons. The Morgan fingerprint density at radius 2 is 2.10 bits per heavy atom. The van der Waals surface area contributed by atoms with Crippen molar-refractivity contribution in [2.45, 2.75) is 11.8 Å². The number of hydrogen-bond donors (Lipinski definition) is 3. The zero-order valence-electron chi connectivity index (χ0n) is 11.4. The number of phenolic OH excluding ortho intramolecular Hbond substituents is 1. The summed E-state index contributed by atoms with van der Waals surface area (Å²) in [5.74, 6) is -0.281. The molecule has 1 unspecified atom stereocenters. The molecule has 11 heteroatoms. The molecule has 1 aliphatic rings. The smallest absolute Gasteiger partial charge is 0.356 e. The Morgan fingerprint density at radius 1 is 1.48 bits per heavy atom. The predicted octanol–water partition coefficient (Wildman–Crippen LogP) is 0.380. The molecule has 1 aromatic rings. The summed E-state index contributed by atoms with van der Waals surface area (Å²) >= 11 is 0. The second-order valence-corrected chi connectivity index (χ2v) is 5.87. The van der Waals surface area contributed by atoms with Gasteiger partial charge in [-0.15, -0.1) is 5.11 Å². The zero-order chi connectivity index (χ0) is 15.1. The van der Waals surface area contributed by atoms with Crippen LogP contribution in [0.2, 0.25) is 0 Å². The van der Waals surface area contributed by atoms with Crippen LogP contribution in [0.3, 0.4) is 0 Å². The Morgan fingerprint density at radius 3 is 2.62 bits per heavy atom. The normalized spacial score (nSPS) is 17.6. The number of benzene rings is 1. The molecule has 21 heavy (non-hydrogen) atoms. The van der Waals surface area contributed by atoms with E-state index in [1.165, 1.54) is 24.1 Å². The van der Waals surface area contributed by atoms with Crippen LogP contribution in [0.5, 0.6) is 5.75 Å². The van der Waals surface area contributed by atoms with E-state index >= 15 is 0 Å². The van der Waals surface area contributed by atoms with E-state index in [-0.39, 0.29) is 47.4 Å². The number of fused-ring (bicyclic) bond motifs is 1. The van der Waals surface area contributed by atoms with E-state index in [1.807, 2.05) is 0 Å². The minimum Gasteiger partial charge on any atom is -0.506 e. The summed E-state index contributed by atoms with van der Waals surface area (Å²) in [6.07, 6.45) is 0.0318. The van der Waals surface area contributed by atoms with Crippen molar-refractivity contribution in [2.75, 3.05) is 11.9 Å². The molecule has 0 spiro atoms. The van der Waals surface area contributed by atoms with Gasteiger partial charge in [-0.1, -0.05) is 5.11 Å². The molecule has 0 saturated heterocycles. The van der Waals surface area contributed by atoms with Crippen LogP contribution in [0, 0.1) is 0 Å². The molecule has 1 heterocycles. The standard InChI is InChI=1S/C10H12N4O5S.Na/c1-14-7-4-8(15)6(12-13-10(11)16)2-5(7)3-9(14)20(17,18)19;/h2,4,9,15H,3H2,1H3,(H2,11,16)(H,17,18,19);. The van der Waals surface area contributed by atoms with Crippen LogP contribution < -0.4 is 10.6 Å². The average molecular weight is 323 g/mol. The van der Waals surface area contributed by atoms with E-state index < -0.39 is 21.5 Å². The molecule has 0 bridgehead atoms. The van der Waals surface area contributed by atoms with Crippen LogP contribution in [0.1, 0.15) is 5.56 Å². The molecule has 0 aromatic heterocycles. The van der Waals surface area contributed by atoms with Gasteiger partial charge in [0.2, 0.25) is 0 Å². The zero-order valence-corrected chi connectivity index (χ0v) is 14.2. The number of hydrogen-bond acceptors (Lipinski definition) is 6. The first-order valence-electron chi connectivity index (χ1n) is 5.46. The van der Waals surface area contributed by atoms with Crippen LogP contribution in [0.15, 0.2) is 22.4 Å². The van der Waals surface area contributed by atoms with Crippen molar-refractivity contribution in [3.63, 3.8) is 0 Å². The van der Waals surface area contributed by atoms with Gasteiger partial charge in [0.1, 0.15) is 11.4 Å². The number of carbonyl (C=O) groups excluding carboxylic acids is 1. The SMILES string of the molecule is CN1c2cc(O)c(N=NC(N)=O)cc2CC1S(=O)(=O)O.[Na]. The maximum Gasteiger partial charge on any atom is 0.356 e. The van der Waals surface area contributed by atoms with Crippen molar-refractivity contribution >= 4 is 57.1 Å². The number of amides is 2. The van der Waals surface area contributed by atoms with Gasteiger partial charge in [-0.3, -0.25) is 4.55 Å². The molecular formula is C10H12N4NaO5S. The number of carbonyl (C=O) groups is 1. The monoisotopic (exact) mass is 323 g/mol. The van der Waals surface area contributed by atoms with Crippen LogP contribution in [-0.4, -0.2) is 66.1 Å². The minimum absolute atomic E-state index is 0. The molecule has 9 nitrogen and oxygen atoms in total. The molecule has 1 aromatic carbocycles. The van der Waals surface area contributed by atoms with E-state index in [4.69, 9.17) is 10.3 Å². The Kier molecular flexibility index (Phi) is 5.34. The maximum absolute atomic E-state index is 11.2. The van der Waals surface area contributed by atoms with E-state index in [0.29, 0.717) is 11.3 Å². The predicted molar refractivity (Wildman–Crippen MR) is 75.4 cm³/mol. The van der Waals surface area contributed by atoms with Crippen molar-refractivity contribution in [3.05, 3.63) is 17.7 Å². The molecule has 0 saturated carbocycles. The fraction of sp³-hybridized carbons (Fsp3) is 0.300. The van der Waals surface area contributed by atoms with Gasteiger partial charge >= 0.3 is 6.03 Å². The topological polar surface area (TPSA) is 146 Å². The van der Waals surface area contributed by atoms with Crippen molar-refractivity contribution in [2.24, 2.45) is 16.0 Å². The van der Waals surface area contributed by atoms with Gasteiger partial charge in [0.05, 0.1) is 0 Å². The van der Waals surface area contributed by atoms with Crippen LogP contribution in [0.4, 0.5) is 16.2 Å². The van der Waals surface area contributed by atoms with Gasteiger partial charge in [0.15, 0.2) is 5.37 Å². The van der Waals surface area contributed by atoms with Gasteiger partial charge in [-0.2, -0.15) is 8.42 Å². The third-order valence-corrected chi connectivity index (χ3v) is 4.15. The van der Waals surface area contributed by atoms with Crippen LogP contribution >= 0.6 is 0 Å². The summed E-state index contributed by atoms with van der Waals surface area (Å²) in [4.78, 5) is 11.8. The van der Waals surface area contributed by atoms with Crippen molar-refractivity contribution in [3.8, 4) is 5.75 Å². The fourth-order valence-electron chi connectivity index (χ4n) is 2.07. The number of rotatable bonds is 2. The number of urea groups is 1. The van der Waals surface area contributed by atoms with Crippen LogP contribution in [0.25, 0.3) is 0 Å². The number of aromatic hydroxyl groups is 1. The Bertz CT molecular complexity index is 706. The van der Waals surface area contributed by atoms with E-state index in [1.54, 1.807) is 0 Å². The largest absolute Gasteiger partial charge is 0.506 e. The Labute approximate surface area is 142 Å². The van der Waals surface area contributed by atoms with Crippen molar-refractivity contribution in [1.29, 1.82) is 0 Å². The summed E-state index contributed by atoms with van der Waals surface area (Å²) < 4.78 is 31.6. The second kappa shape index (κ2) is 6.28. The van der Waals surface area contributed by atoms with Gasteiger partial charge in [-0.05, 0) is 11.6 Å². The molecule has 0 fully saturated rings. The number of phenols is 1. The number of nitrogens with two attached hydrogens (primary N) is 1. The minimum atomic E-state index is -4.25. The first-order valence-corrected chi connectivity index (χ1v) is 6.96. The molecule has 2 amide bonds. The Balaban J connectivity index is 0.00000220. The third kappa shape index (κ3) is 3.71. The fourth-order valence-corrected chi connectivity index (χ4v) is 2.97. The molecule has 4 N–H and O–H groups in total. The number of azo groups is 1. The number of nitrogens with zero attached hydrogens (tertiary/aromatic N) is 3. The quantitative estimate of drug-likeness (QED) is 0.407. The third-order valence-electron chi connectivity index (χ3n) is 2.98. The summed E-state index contributed by atoms with van der Waals surface area (Å²) in [6.45, 7) is 0. The summed E-state index contributed by atoms with van der Waals surface area (Å²) in [5.41, 5.74) is 5.79. The summed E-state index contributed by atoms with van der Waals surface area (Å²) in [6, 6.07) is 1.66. The van der Waals surface area contributed by atoms with Gasteiger partial charge in [-0.25, -0.2) is 4.79 Å². The number of primary amides is 1. The van der Waals surface area contributed by atoms with Crippen LogP contribution in [-0.2, 0) is 16.5 Å².